The molecule has 3 heteroatoms. The lowest BCUT2D eigenvalue weighted by molar-refractivity contribution is -0.140. The van der Waals surface area contributed by atoms with Crippen molar-refractivity contribution < 1.29 is 9.90 Å². The van der Waals surface area contributed by atoms with E-state index in [2.05, 4.69) is 13.8 Å². The molecule has 0 aliphatic carbocycles. The number of carbonyl (C=O) groups is 1. The van der Waals surface area contributed by atoms with Gasteiger partial charge in [-0.05, 0) is 29.9 Å². The number of aryl methyl sites for hydroxylation is 1. The van der Waals surface area contributed by atoms with Crippen LogP contribution in [-0.4, -0.2) is 11.1 Å². The lowest BCUT2D eigenvalue weighted by Gasteiger charge is -2.27. The summed E-state index contributed by atoms with van der Waals surface area (Å²) in [4.78, 5) is 11.6. The molecule has 3 N–H and O–H groups in total. The predicted molar refractivity (Wildman–Crippen MR) is 74.6 cm³/mol. The van der Waals surface area contributed by atoms with Gasteiger partial charge in [-0.3, -0.25) is 4.79 Å². The van der Waals surface area contributed by atoms with Crippen LogP contribution >= 0.6 is 0 Å². The van der Waals surface area contributed by atoms with Gasteiger partial charge in [-0.15, -0.1) is 0 Å². The first-order valence-electron chi connectivity index (χ1n) is 6.47. The maximum absolute atomic E-state index is 11.6. The summed E-state index contributed by atoms with van der Waals surface area (Å²) >= 11 is 0. The molecule has 0 amide bonds. The van der Waals surface area contributed by atoms with E-state index in [-0.39, 0.29) is 5.92 Å². The highest BCUT2D eigenvalue weighted by molar-refractivity contribution is 5.79. The van der Waals surface area contributed by atoms with Crippen molar-refractivity contribution in [1.29, 1.82) is 0 Å². The Morgan fingerprint density at radius 1 is 1.39 bits per heavy atom. The van der Waals surface area contributed by atoms with Gasteiger partial charge in [-0.1, -0.05) is 45.4 Å². The minimum Gasteiger partial charge on any atom is -0.481 e. The molecule has 1 aromatic carbocycles. The largest absolute Gasteiger partial charge is 0.481 e. The molecule has 0 saturated carbocycles. The molecular weight excluding hydrogens is 226 g/mol. The van der Waals surface area contributed by atoms with Crippen molar-refractivity contribution >= 4 is 11.7 Å². The third kappa shape index (κ3) is 2.84. The zero-order chi connectivity index (χ0) is 13.9. The molecule has 3 nitrogen and oxygen atoms in total. The van der Waals surface area contributed by atoms with E-state index in [9.17, 15) is 9.90 Å². The number of rotatable bonds is 5. The van der Waals surface area contributed by atoms with Crippen LogP contribution in [0.1, 0.15) is 44.2 Å². The van der Waals surface area contributed by atoms with Gasteiger partial charge in [-0.25, -0.2) is 0 Å². The van der Waals surface area contributed by atoms with Crippen molar-refractivity contribution in [2.45, 2.75) is 40.0 Å². The quantitative estimate of drug-likeness (QED) is 0.786. The van der Waals surface area contributed by atoms with Crippen LogP contribution in [0.5, 0.6) is 0 Å². The summed E-state index contributed by atoms with van der Waals surface area (Å²) in [6, 6.07) is 5.63. The topological polar surface area (TPSA) is 63.3 Å². The number of aliphatic carboxylic acids is 1. The molecule has 0 radical (unpaired) electrons. The molecule has 0 spiro atoms. The Kier molecular flexibility index (Phi) is 4.76. The smallest absolute Gasteiger partial charge is 0.311 e. The molecule has 0 saturated heterocycles. The average Bonchev–Trinajstić information content (AvgIpc) is 2.29. The lowest BCUT2D eigenvalue weighted by Crippen LogP contribution is -2.26. The zero-order valence-electron chi connectivity index (χ0n) is 11.6. The maximum atomic E-state index is 11.6. The second-order valence-electron chi connectivity index (χ2n) is 5.21. The first-order valence-corrected chi connectivity index (χ1v) is 6.47. The number of anilines is 1. The highest BCUT2D eigenvalue weighted by Gasteiger charge is 2.32. The van der Waals surface area contributed by atoms with Gasteiger partial charge in [0.05, 0.1) is 5.92 Å². The molecule has 18 heavy (non-hydrogen) atoms. The van der Waals surface area contributed by atoms with Crippen LogP contribution in [0.25, 0.3) is 0 Å². The fourth-order valence-corrected chi connectivity index (χ4v) is 2.61. The highest BCUT2D eigenvalue weighted by Crippen LogP contribution is 2.36. The normalized spacial score (nSPS) is 14.5. The molecule has 0 aliphatic rings. The van der Waals surface area contributed by atoms with Crippen molar-refractivity contribution in [2.75, 3.05) is 5.73 Å². The van der Waals surface area contributed by atoms with Gasteiger partial charge in [0.15, 0.2) is 0 Å². The maximum Gasteiger partial charge on any atom is 0.311 e. The molecule has 2 atom stereocenters. The van der Waals surface area contributed by atoms with Crippen LogP contribution in [0.2, 0.25) is 0 Å². The van der Waals surface area contributed by atoms with E-state index < -0.39 is 11.9 Å². The monoisotopic (exact) mass is 249 g/mol. The fourth-order valence-electron chi connectivity index (χ4n) is 2.61. The van der Waals surface area contributed by atoms with Crippen LogP contribution in [-0.2, 0) is 4.79 Å². The number of para-hydroxylation sites is 1. The molecular formula is C15H23NO2. The van der Waals surface area contributed by atoms with Crippen molar-refractivity contribution in [3.63, 3.8) is 0 Å². The third-order valence-corrected chi connectivity index (χ3v) is 3.71. The zero-order valence-corrected chi connectivity index (χ0v) is 11.6. The summed E-state index contributed by atoms with van der Waals surface area (Å²) in [5.41, 5.74) is 8.36. The van der Waals surface area contributed by atoms with Gasteiger partial charge in [0, 0.05) is 5.69 Å². The summed E-state index contributed by atoms with van der Waals surface area (Å²) in [5.74, 6) is -0.884. The fraction of sp³-hybridized carbons (Fsp3) is 0.533. The van der Waals surface area contributed by atoms with E-state index in [4.69, 9.17) is 5.73 Å². The Bertz CT molecular complexity index is 427. The molecule has 0 fully saturated rings. The van der Waals surface area contributed by atoms with Gasteiger partial charge in [-0.2, -0.15) is 0 Å². The summed E-state index contributed by atoms with van der Waals surface area (Å²) in [6.07, 6.45) is 0.835. The standard InChI is InChI=1S/C15H23NO2/c1-5-11(9(2)3)13(15(17)18)12-8-6-7-10(4)14(12)16/h6-9,11,13H,5,16H2,1-4H3,(H,17,18). The molecule has 1 aromatic rings. The van der Waals surface area contributed by atoms with Crippen LogP contribution in [0, 0.1) is 18.8 Å². The Morgan fingerprint density at radius 3 is 2.44 bits per heavy atom. The van der Waals surface area contributed by atoms with Crippen LogP contribution < -0.4 is 5.73 Å². The molecule has 0 heterocycles. The number of carboxylic acids is 1. The summed E-state index contributed by atoms with van der Waals surface area (Å²) in [6.45, 7) is 8.08. The number of carboxylic acid groups (broad SMARTS) is 1. The van der Waals surface area contributed by atoms with Crippen molar-refractivity contribution in [3.8, 4) is 0 Å². The minimum absolute atomic E-state index is 0.103. The SMILES string of the molecule is CCC(C(C)C)C(C(=O)O)c1cccc(C)c1N. The summed E-state index contributed by atoms with van der Waals surface area (Å²) in [5, 5.41) is 9.54. The Labute approximate surface area is 109 Å². The number of hydrogen-bond donors (Lipinski definition) is 2. The first-order chi connectivity index (χ1) is 8.40. The van der Waals surface area contributed by atoms with E-state index in [1.807, 2.05) is 32.0 Å². The van der Waals surface area contributed by atoms with E-state index in [0.717, 1.165) is 17.5 Å². The third-order valence-electron chi connectivity index (χ3n) is 3.71. The molecule has 1 rings (SSSR count). The summed E-state index contributed by atoms with van der Waals surface area (Å²) in [7, 11) is 0. The van der Waals surface area contributed by atoms with Crippen LogP contribution in [0.4, 0.5) is 5.69 Å². The van der Waals surface area contributed by atoms with Gasteiger partial charge in [0.2, 0.25) is 0 Å². The first kappa shape index (κ1) is 14.6. The van der Waals surface area contributed by atoms with E-state index in [0.29, 0.717) is 11.6 Å². The van der Waals surface area contributed by atoms with Gasteiger partial charge < -0.3 is 10.8 Å². The number of benzene rings is 1. The summed E-state index contributed by atoms with van der Waals surface area (Å²) < 4.78 is 0. The molecule has 2 unspecified atom stereocenters. The molecule has 0 aromatic heterocycles. The lowest BCUT2D eigenvalue weighted by atomic mass is 9.77. The van der Waals surface area contributed by atoms with E-state index in [1.54, 1.807) is 0 Å². The Hall–Kier alpha value is -1.51. The molecule has 0 aliphatic heterocycles. The predicted octanol–water partition coefficient (Wildman–Crippen LogP) is 3.43. The average molecular weight is 249 g/mol. The van der Waals surface area contributed by atoms with Gasteiger partial charge in [0.25, 0.3) is 0 Å². The van der Waals surface area contributed by atoms with Crippen molar-refractivity contribution in [3.05, 3.63) is 29.3 Å². The van der Waals surface area contributed by atoms with Gasteiger partial charge in [0.1, 0.15) is 0 Å². The molecule has 0 bridgehead atoms. The Balaban J connectivity index is 3.28. The number of nitrogen functional groups attached to an aromatic ring is 1. The van der Waals surface area contributed by atoms with Crippen molar-refractivity contribution in [2.24, 2.45) is 11.8 Å². The van der Waals surface area contributed by atoms with Crippen LogP contribution in [0.3, 0.4) is 0 Å². The highest BCUT2D eigenvalue weighted by atomic mass is 16.4. The Morgan fingerprint density at radius 2 is 2.00 bits per heavy atom. The van der Waals surface area contributed by atoms with Crippen molar-refractivity contribution in [1.82, 2.24) is 0 Å². The molecule has 100 valence electrons. The van der Waals surface area contributed by atoms with Gasteiger partial charge >= 0.3 is 5.97 Å². The number of nitrogens with two attached hydrogens (primary N) is 1. The minimum atomic E-state index is -0.784. The van der Waals surface area contributed by atoms with E-state index in [1.165, 1.54) is 0 Å². The van der Waals surface area contributed by atoms with Crippen LogP contribution in [0.15, 0.2) is 18.2 Å². The second kappa shape index (κ2) is 5.89. The van der Waals surface area contributed by atoms with E-state index >= 15 is 0 Å². The second-order valence-corrected chi connectivity index (χ2v) is 5.21. The number of hydrogen-bond acceptors (Lipinski definition) is 2.